The maximum absolute atomic E-state index is 11.7. The number of fused-ring (bicyclic) bond motifs is 1. The molecule has 0 unspecified atom stereocenters. The van der Waals surface area contributed by atoms with Gasteiger partial charge in [0, 0.05) is 17.1 Å². The van der Waals surface area contributed by atoms with Crippen LogP contribution < -0.4 is 0 Å². The van der Waals surface area contributed by atoms with Gasteiger partial charge in [0.1, 0.15) is 0 Å². The van der Waals surface area contributed by atoms with Gasteiger partial charge in [-0.05, 0) is 23.1 Å². The second-order valence-corrected chi connectivity index (χ2v) is 5.06. The van der Waals surface area contributed by atoms with E-state index in [0.717, 1.165) is 22.2 Å². The van der Waals surface area contributed by atoms with Gasteiger partial charge < -0.3 is 9.72 Å². The van der Waals surface area contributed by atoms with Crippen LogP contribution in [-0.2, 0) is 9.53 Å². The number of carbonyl (C=O) groups excluding carboxylic acids is 1. The van der Waals surface area contributed by atoms with Crippen molar-refractivity contribution in [3.8, 4) is 0 Å². The number of nitrogens with one attached hydrogen (secondary N) is 1. The van der Waals surface area contributed by atoms with E-state index < -0.39 is 0 Å². The van der Waals surface area contributed by atoms with Crippen LogP contribution in [0.5, 0.6) is 0 Å². The first kappa shape index (κ1) is 13.4. The van der Waals surface area contributed by atoms with Crippen LogP contribution in [0.25, 0.3) is 10.9 Å². The number of carbonyl (C=O) groups is 1. The number of ether oxygens (including phenoxy) is 1. The molecule has 0 saturated heterocycles. The number of hydrogen-bond donors (Lipinski definition) is 1. The van der Waals surface area contributed by atoms with Gasteiger partial charge in [0.05, 0.1) is 13.5 Å². The van der Waals surface area contributed by atoms with Crippen LogP contribution in [-0.4, -0.2) is 18.1 Å². The molecule has 2 aromatic carbocycles. The van der Waals surface area contributed by atoms with Gasteiger partial charge in [0.2, 0.25) is 0 Å². The highest BCUT2D eigenvalue weighted by molar-refractivity contribution is 5.81. The summed E-state index contributed by atoms with van der Waals surface area (Å²) in [5, 5.41) is 1.15. The number of aromatic nitrogens is 1. The summed E-state index contributed by atoms with van der Waals surface area (Å²) in [6, 6.07) is 20.3. The van der Waals surface area contributed by atoms with E-state index >= 15 is 0 Å². The SMILES string of the molecule is COC(=O)C[C@@H](c1ccccc1)c1cc2ccccc2[nH]1. The largest absolute Gasteiger partial charge is 0.469 e. The molecule has 3 nitrogen and oxygen atoms in total. The lowest BCUT2D eigenvalue weighted by atomic mass is 9.92. The second-order valence-electron chi connectivity index (χ2n) is 5.06. The first-order valence-electron chi connectivity index (χ1n) is 6.97. The quantitative estimate of drug-likeness (QED) is 0.737. The summed E-state index contributed by atoms with van der Waals surface area (Å²) in [6.45, 7) is 0. The van der Waals surface area contributed by atoms with Gasteiger partial charge in [0.25, 0.3) is 0 Å². The molecule has 0 aliphatic carbocycles. The number of esters is 1. The Bertz CT molecular complexity index is 713. The number of aromatic amines is 1. The fraction of sp³-hybridized carbons (Fsp3) is 0.167. The van der Waals surface area contributed by atoms with E-state index in [0.29, 0.717) is 6.42 Å². The van der Waals surface area contributed by atoms with Crippen LogP contribution in [0.3, 0.4) is 0 Å². The predicted octanol–water partition coefficient (Wildman–Crippen LogP) is 3.86. The molecule has 3 rings (SSSR count). The first-order valence-corrected chi connectivity index (χ1v) is 6.97. The molecule has 1 N–H and O–H groups in total. The standard InChI is InChI=1S/C18H17NO2/c1-21-18(20)12-15(13-7-3-2-4-8-13)17-11-14-9-5-6-10-16(14)19-17/h2-11,15,19H,12H2,1H3/t15-/m0/s1. The van der Waals surface area contributed by atoms with E-state index in [1.54, 1.807) is 0 Å². The molecule has 1 aromatic heterocycles. The number of H-pyrrole nitrogens is 1. The number of para-hydroxylation sites is 1. The van der Waals surface area contributed by atoms with Crippen molar-refractivity contribution in [2.45, 2.75) is 12.3 Å². The highest BCUT2D eigenvalue weighted by Gasteiger charge is 2.20. The smallest absolute Gasteiger partial charge is 0.306 e. The van der Waals surface area contributed by atoms with Crippen LogP contribution >= 0.6 is 0 Å². The Kier molecular flexibility index (Phi) is 3.73. The number of rotatable bonds is 4. The molecular formula is C18H17NO2. The molecule has 1 atom stereocenters. The molecule has 1 heterocycles. The zero-order valence-electron chi connectivity index (χ0n) is 11.9. The van der Waals surface area contributed by atoms with E-state index in [-0.39, 0.29) is 11.9 Å². The van der Waals surface area contributed by atoms with E-state index in [2.05, 4.69) is 17.1 Å². The van der Waals surface area contributed by atoms with Crippen molar-refractivity contribution in [2.24, 2.45) is 0 Å². The number of methoxy groups -OCH3 is 1. The highest BCUT2D eigenvalue weighted by Crippen LogP contribution is 2.30. The van der Waals surface area contributed by atoms with Crippen molar-refractivity contribution in [3.05, 3.63) is 71.9 Å². The third-order valence-corrected chi connectivity index (χ3v) is 3.73. The zero-order chi connectivity index (χ0) is 14.7. The fourth-order valence-electron chi connectivity index (χ4n) is 2.63. The van der Waals surface area contributed by atoms with Gasteiger partial charge in [-0.3, -0.25) is 4.79 Å². The molecule has 3 aromatic rings. The summed E-state index contributed by atoms with van der Waals surface area (Å²) in [7, 11) is 1.43. The van der Waals surface area contributed by atoms with Gasteiger partial charge in [-0.2, -0.15) is 0 Å². The molecule has 0 amide bonds. The van der Waals surface area contributed by atoms with E-state index in [9.17, 15) is 4.79 Å². The number of benzene rings is 2. The van der Waals surface area contributed by atoms with Crippen molar-refractivity contribution < 1.29 is 9.53 Å². The van der Waals surface area contributed by atoms with Crippen molar-refractivity contribution in [1.29, 1.82) is 0 Å². The monoisotopic (exact) mass is 279 g/mol. The van der Waals surface area contributed by atoms with Gasteiger partial charge >= 0.3 is 5.97 Å². The summed E-state index contributed by atoms with van der Waals surface area (Å²) in [6.07, 6.45) is 0.327. The Labute approximate surface area is 123 Å². The van der Waals surface area contributed by atoms with Crippen LogP contribution in [0.2, 0.25) is 0 Å². The van der Waals surface area contributed by atoms with Crippen LogP contribution in [0.4, 0.5) is 0 Å². The van der Waals surface area contributed by atoms with Gasteiger partial charge in [-0.1, -0.05) is 48.5 Å². The Hall–Kier alpha value is -2.55. The average molecular weight is 279 g/mol. The molecule has 21 heavy (non-hydrogen) atoms. The third kappa shape index (κ3) is 2.82. The molecule has 0 saturated carbocycles. The van der Waals surface area contributed by atoms with Crippen molar-refractivity contribution >= 4 is 16.9 Å². The Morgan fingerprint density at radius 3 is 2.52 bits per heavy atom. The lowest BCUT2D eigenvalue weighted by molar-refractivity contribution is -0.140. The lowest BCUT2D eigenvalue weighted by Gasteiger charge is -2.14. The van der Waals surface area contributed by atoms with Crippen LogP contribution in [0.15, 0.2) is 60.7 Å². The maximum atomic E-state index is 11.7. The minimum absolute atomic E-state index is 0.0222. The van der Waals surface area contributed by atoms with Gasteiger partial charge in [-0.15, -0.1) is 0 Å². The molecule has 0 bridgehead atoms. The Morgan fingerprint density at radius 1 is 1.10 bits per heavy atom. The van der Waals surface area contributed by atoms with E-state index in [1.807, 2.05) is 48.5 Å². The first-order chi connectivity index (χ1) is 10.3. The lowest BCUT2D eigenvalue weighted by Crippen LogP contribution is -2.10. The van der Waals surface area contributed by atoms with Gasteiger partial charge in [-0.25, -0.2) is 0 Å². The van der Waals surface area contributed by atoms with Crippen molar-refractivity contribution in [3.63, 3.8) is 0 Å². The Morgan fingerprint density at radius 2 is 1.81 bits per heavy atom. The second kappa shape index (κ2) is 5.83. The fourth-order valence-corrected chi connectivity index (χ4v) is 2.63. The van der Waals surface area contributed by atoms with Gasteiger partial charge in [0.15, 0.2) is 0 Å². The van der Waals surface area contributed by atoms with Crippen LogP contribution in [0, 0.1) is 0 Å². The predicted molar refractivity (Wildman–Crippen MR) is 83.2 cm³/mol. The minimum atomic E-state index is -0.206. The zero-order valence-corrected chi connectivity index (χ0v) is 11.9. The summed E-state index contributed by atoms with van der Waals surface area (Å²) < 4.78 is 4.84. The molecule has 0 aliphatic heterocycles. The summed E-state index contributed by atoms with van der Waals surface area (Å²) >= 11 is 0. The molecule has 3 heteroatoms. The molecule has 0 aliphatic rings. The van der Waals surface area contributed by atoms with Crippen molar-refractivity contribution in [1.82, 2.24) is 4.98 Å². The summed E-state index contributed by atoms with van der Waals surface area (Å²) in [5.74, 6) is -0.228. The topological polar surface area (TPSA) is 42.1 Å². The minimum Gasteiger partial charge on any atom is -0.469 e. The van der Waals surface area contributed by atoms with E-state index in [4.69, 9.17) is 4.74 Å². The van der Waals surface area contributed by atoms with Crippen LogP contribution in [0.1, 0.15) is 23.6 Å². The molecule has 106 valence electrons. The molecular weight excluding hydrogens is 262 g/mol. The Balaban J connectivity index is 2.03. The van der Waals surface area contributed by atoms with E-state index in [1.165, 1.54) is 7.11 Å². The summed E-state index contributed by atoms with van der Waals surface area (Å²) in [4.78, 5) is 15.2. The summed E-state index contributed by atoms with van der Waals surface area (Å²) in [5.41, 5.74) is 3.22. The molecule has 0 fully saturated rings. The highest BCUT2D eigenvalue weighted by atomic mass is 16.5. The third-order valence-electron chi connectivity index (χ3n) is 3.73. The number of hydrogen-bond acceptors (Lipinski definition) is 2. The normalized spacial score (nSPS) is 12.2. The van der Waals surface area contributed by atoms with Crippen molar-refractivity contribution in [2.75, 3.05) is 7.11 Å². The molecule has 0 radical (unpaired) electrons. The molecule has 0 spiro atoms. The maximum Gasteiger partial charge on any atom is 0.306 e. The average Bonchev–Trinajstić information content (AvgIpc) is 2.96.